The van der Waals surface area contributed by atoms with Gasteiger partial charge in [0.05, 0.1) is 25.0 Å². The zero-order valence-corrected chi connectivity index (χ0v) is 20.6. The predicted molar refractivity (Wildman–Crippen MR) is 137 cm³/mol. The maximum Gasteiger partial charge on any atom is 0.414 e. The Kier molecular flexibility index (Phi) is 6.65. The molecule has 0 spiro atoms. The Balaban J connectivity index is 1.58. The molecule has 1 aromatic heterocycles. The molecule has 2 aliphatic heterocycles. The predicted octanol–water partition coefficient (Wildman–Crippen LogP) is 4.27. The summed E-state index contributed by atoms with van der Waals surface area (Å²) >= 11 is 0. The van der Waals surface area contributed by atoms with Gasteiger partial charge in [0.2, 0.25) is 5.91 Å². The first-order valence-corrected chi connectivity index (χ1v) is 12.3. The van der Waals surface area contributed by atoms with Crippen molar-refractivity contribution in [1.29, 1.82) is 0 Å². The van der Waals surface area contributed by atoms with Crippen LogP contribution < -0.4 is 20.7 Å². The molecule has 2 aromatic carbocycles. The van der Waals surface area contributed by atoms with Gasteiger partial charge >= 0.3 is 6.09 Å². The number of carbonyl (C=O) groups is 2. The third-order valence-corrected chi connectivity index (χ3v) is 7.07. The summed E-state index contributed by atoms with van der Waals surface area (Å²) in [7, 11) is 1.39. The minimum Gasteiger partial charge on any atom is -0.456 e. The van der Waals surface area contributed by atoms with E-state index in [1.807, 2.05) is 29.9 Å². The summed E-state index contributed by atoms with van der Waals surface area (Å²) in [4.78, 5) is 25.8. The number of hydrogen-bond donors (Lipinski definition) is 2. The molecule has 9 nitrogen and oxygen atoms in total. The Labute approximate surface area is 210 Å². The van der Waals surface area contributed by atoms with Gasteiger partial charge in [-0.15, -0.1) is 0 Å². The number of carbonyl (C=O) groups excluding carboxylic acids is 2. The quantitative estimate of drug-likeness (QED) is 0.554. The molecule has 36 heavy (non-hydrogen) atoms. The lowest BCUT2D eigenvalue weighted by molar-refractivity contribution is 0.1000. The fraction of sp³-hybridized carbons (Fsp3) is 0.370. The van der Waals surface area contributed by atoms with E-state index < -0.39 is 12.0 Å². The number of ether oxygens (including phenoxy) is 2. The standard InChI is InChI=1S/C27H31N5O4/c1-17-3-8-23-24(32(17)27(34)35-2)10-9-22(19-15-30-31(16-19)20-11-13-29-14-12-20)25(23)36-21-6-4-18(5-7-21)26(28)33/h4-7,9-10,15-17,20,29H,3,8,11-14H2,1-2H3,(H2,28,33). The molecule has 0 radical (unpaired) electrons. The first kappa shape index (κ1) is 23.9. The van der Waals surface area contributed by atoms with Crippen LogP contribution in [0.1, 0.15) is 48.1 Å². The normalized spacial score (nSPS) is 17.9. The number of piperidine rings is 1. The summed E-state index contributed by atoms with van der Waals surface area (Å²) < 4.78 is 13.6. The summed E-state index contributed by atoms with van der Waals surface area (Å²) in [6.45, 7) is 3.98. The van der Waals surface area contributed by atoms with Gasteiger partial charge in [-0.1, -0.05) is 0 Å². The van der Waals surface area contributed by atoms with Gasteiger partial charge in [-0.25, -0.2) is 4.79 Å². The third-order valence-electron chi connectivity index (χ3n) is 7.07. The second kappa shape index (κ2) is 10.0. The van der Waals surface area contributed by atoms with Gasteiger partial charge in [0.25, 0.3) is 0 Å². The van der Waals surface area contributed by atoms with E-state index in [1.54, 1.807) is 29.2 Å². The van der Waals surface area contributed by atoms with Crippen molar-refractivity contribution in [1.82, 2.24) is 15.1 Å². The highest BCUT2D eigenvalue weighted by atomic mass is 16.5. The number of rotatable bonds is 5. The Morgan fingerprint density at radius 3 is 2.53 bits per heavy atom. The minimum atomic E-state index is -0.493. The van der Waals surface area contributed by atoms with Gasteiger partial charge in [0.1, 0.15) is 11.5 Å². The molecule has 1 unspecified atom stereocenters. The minimum absolute atomic E-state index is 0.00108. The first-order valence-electron chi connectivity index (χ1n) is 12.3. The van der Waals surface area contributed by atoms with Gasteiger partial charge < -0.3 is 20.5 Å². The lowest BCUT2D eigenvalue weighted by atomic mass is 9.92. The van der Waals surface area contributed by atoms with Crippen LogP contribution in [0.5, 0.6) is 11.5 Å². The highest BCUT2D eigenvalue weighted by Crippen LogP contribution is 2.45. The number of hydrogen-bond acceptors (Lipinski definition) is 6. The zero-order valence-electron chi connectivity index (χ0n) is 20.6. The van der Waals surface area contributed by atoms with E-state index in [1.165, 1.54) is 7.11 Å². The first-order chi connectivity index (χ1) is 17.5. The average molecular weight is 490 g/mol. The van der Waals surface area contributed by atoms with Crippen LogP contribution in [0.25, 0.3) is 11.1 Å². The molecule has 5 rings (SSSR count). The highest BCUT2D eigenvalue weighted by molar-refractivity contribution is 5.93. The molecular formula is C27H31N5O4. The van der Waals surface area contributed by atoms with E-state index in [-0.39, 0.29) is 6.04 Å². The van der Waals surface area contributed by atoms with E-state index >= 15 is 0 Å². The summed E-state index contributed by atoms with van der Waals surface area (Å²) in [5.74, 6) is 0.751. The number of methoxy groups -OCH3 is 1. The molecule has 9 heteroatoms. The smallest absolute Gasteiger partial charge is 0.414 e. The van der Waals surface area contributed by atoms with Crippen molar-refractivity contribution >= 4 is 17.7 Å². The number of primary amides is 1. The third kappa shape index (κ3) is 4.54. The van der Waals surface area contributed by atoms with Crippen molar-refractivity contribution in [3.05, 3.63) is 59.9 Å². The molecule has 188 valence electrons. The molecule has 3 aromatic rings. The van der Waals surface area contributed by atoms with Crippen molar-refractivity contribution in [2.45, 2.75) is 44.7 Å². The SMILES string of the molecule is COC(=O)N1c2ccc(-c3cnn(C4CCNCC4)c3)c(Oc3ccc(C(N)=O)cc3)c2CCC1C. The van der Waals surface area contributed by atoms with E-state index in [0.29, 0.717) is 23.1 Å². The Bertz CT molecular complexity index is 1260. The number of fused-ring (bicyclic) bond motifs is 1. The number of anilines is 1. The molecule has 1 atom stereocenters. The molecule has 2 aliphatic rings. The molecule has 2 amide bonds. The van der Waals surface area contributed by atoms with Gasteiger partial charge in [-0.05, 0) is 82.1 Å². The Morgan fingerprint density at radius 1 is 1.08 bits per heavy atom. The largest absolute Gasteiger partial charge is 0.456 e. The van der Waals surface area contributed by atoms with Crippen LogP contribution >= 0.6 is 0 Å². The maximum atomic E-state index is 12.6. The van der Waals surface area contributed by atoms with Crippen LogP contribution in [0.2, 0.25) is 0 Å². The molecule has 1 fully saturated rings. The topological polar surface area (TPSA) is 112 Å². The van der Waals surface area contributed by atoms with Gasteiger partial charge in [-0.3, -0.25) is 14.4 Å². The van der Waals surface area contributed by atoms with E-state index in [9.17, 15) is 9.59 Å². The van der Waals surface area contributed by atoms with Crippen LogP contribution in [0, 0.1) is 0 Å². The maximum absolute atomic E-state index is 12.6. The van der Waals surface area contributed by atoms with E-state index in [0.717, 1.165) is 61.2 Å². The van der Waals surface area contributed by atoms with E-state index in [4.69, 9.17) is 15.2 Å². The Hall–Kier alpha value is -3.85. The molecule has 3 N–H and O–H groups in total. The molecular weight excluding hydrogens is 458 g/mol. The summed E-state index contributed by atoms with van der Waals surface area (Å²) in [6, 6.07) is 11.0. The van der Waals surface area contributed by atoms with Crippen LogP contribution in [0.4, 0.5) is 10.5 Å². The van der Waals surface area contributed by atoms with Gasteiger partial charge in [0, 0.05) is 34.5 Å². The number of nitrogens with one attached hydrogen (secondary N) is 1. The van der Waals surface area contributed by atoms with Crippen LogP contribution in [-0.4, -0.2) is 48.0 Å². The van der Waals surface area contributed by atoms with Crippen molar-refractivity contribution < 1.29 is 19.1 Å². The van der Waals surface area contributed by atoms with Crippen LogP contribution in [-0.2, 0) is 11.2 Å². The second-order valence-electron chi connectivity index (χ2n) is 9.35. The molecule has 0 aliphatic carbocycles. The van der Waals surface area contributed by atoms with Crippen LogP contribution in [0.3, 0.4) is 0 Å². The average Bonchev–Trinajstić information content (AvgIpc) is 3.39. The number of amides is 2. The van der Waals surface area contributed by atoms with Gasteiger partial charge in [-0.2, -0.15) is 5.10 Å². The number of nitrogens with zero attached hydrogens (tertiary/aromatic N) is 3. The monoisotopic (exact) mass is 489 g/mol. The summed E-state index contributed by atoms with van der Waals surface area (Å²) in [6.07, 6.45) is 7.14. The molecule has 1 saturated heterocycles. The highest BCUT2D eigenvalue weighted by Gasteiger charge is 2.32. The second-order valence-corrected chi connectivity index (χ2v) is 9.35. The van der Waals surface area contributed by atoms with Crippen molar-refractivity contribution in [2.24, 2.45) is 5.73 Å². The van der Waals surface area contributed by atoms with Crippen molar-refractivity contribution in [3.8, 4) is 22.6 Å². The molecule has 3 heterocycles. The number of nitrogens with two attached hydrogens (primary N) is 1. The lowest BCUT2D eigenvalue weighted by Crippen LogP contribution is -2.42. The van der Waals surface area contributed by atoms with Crippen LogP contribution in [0.15, 0.2) is 48.8 Å². The Morgan fingerprint density at radius 2 is 1.83 bits per heavy atom. The van der Waals surface area contributed by atoms with Crippen molar-refractivity contribution in [3.63, 3.8) is 0 Å². The molecule has 0 bridgehead atoms. The number of aromatic nitrogens is 2. The lowest BCUT2D eigenvalue weighted by Gasteiger charge is -2.35. The summed E-state index contributed by atoms with van der Waals surface area (Å²) in [5.41, 5.74) is 9.36. The zero-order chi connectivity index (χ0) is 25.2. The fourth-order valence-corrected chi connectivity index (χ4v) is 5.08. The summed E-state index contributed by atoms with van der Waals surface area (Å²) in [5, 5.41) is 8.07. The van der Waals surface area contributed by atoms with E-state index in [2.05, 4.69) is 16.6 Å². The van der Waals surface area contributed by atoms with Crippen molar-refractivity contribution in [2.75, 3.05) is 25.1 Å². The molecule has 0 saturated carbocycles. The fourth-order valence-electron chi connectivity index (χ4n) is 5.08. The van der Waals surface area contributed by atoms with Gasteiger partial charge in [0.15, 0.2) is 0 Å². The number of benzene rings is 2.